The van der Waals surface area contributed by atoms with Crippen LogP contribution in [0.25, 0.3) is 11.1 Å². The molecular weight excluding hydrogens is 274 g/mol. The summed E-state index contributed by atoms with van der Waals surface area (Å²) in [4.78, 5) is 2.51. The van der Waals surface area contributed by atoms with Gasteiger partial charge in [0.25, 0.3) is 0 Å². The van der Waals surface area contributed by atoms with Gasteiger partial charge in [-0.15, -0.1) is 0 Å². The van der Waals surface area contributed by atoms with Crippen molar-refractivity contribution in [1.82, 2.24) is 0 Å². The summed E-state index contributed by atoms with van der Waals surface area (Å²) in [6.07, 6.45) is 0. The lowest BCUT2D eigenvalue weighted by atomic mass is 10.1. The van der Waals surface area contributed by atoms with Crippen molar-refractivity contribution < 1.29 is 0 Å². The Morgan fingerprint density at radius 3 is 1.57 bits per heavy atom. The molecule has 0 aliphatic rings. The molecule has 0 spiro atoms. The molecular formula is C19H17NS. The number of rotatable bonds is 3. The normalized spacial score (nSPS) is 10.5. The van der Waals surface area contributed by atoms with Gasteiger partial charge in [-0.25, -0.2) is 0 Å². The van der Waals surface area contributed by atoms with Crippen molar-refractivity contribution in [3.8, 4) is 11.1 Å². The van der Waals surface area contributed by atoms with Gasteiger partial charge in [0, 0.05) is 15.5 Å². The van der Waals surface area contributed by atoms with Crippen molar-refractivity contribution in [3.63, 3.8) is 0 Å². The molecule has 104 valence electrons. The van der Waals surface area contributed by atoms with Crippen molar-refractivity contribution in [2.24, 2.45) is 0 Å². The van der Waals surface area contributed by atoms with Crippen molar-refractivity contribution >= 4 is 17.4 Å². The standard InChI is InChI=1S/C19H17NS/c1-14-2-10-18(11-3-14)21-19-12-6-16(7-13-19)15-4-8-17(20)9-5-15/h2-13H,20H2,1H3. The van der Waals surface area contributed by atoms with Gasteiger partial charge in [-0.05, 0) is 54.4 Å². The number of hydrogen-bond acceptors (Lipinski definition) is 2. The van der Waals surface area contributed by atoms with Crippen LogP contribution < -0.4 is 5.73 Å². The second-order valence-corrected chi connectivity index (χ2v) is 6.21. The first-order chi connectivity index (χ1) is 10.2. The van der Waals surface area contributed by atoms with Gasteiger partial charge in [0.15, 0.2) is 0 Å². The second-order valence-electron chi connectivity index (χ2n) is 5.06. The fourth-order valence-corrected chi connectivity index (χ4v) is 2.95. The van der Waals surface area contributed by atoms with E-state index in [9.17, 15) is 0 Å². The van der Waals surface area contributed by atoms with Gasteiger partial charge in [-0.1, -0.05) is 53.7 Å². The maximum Gasteiger partial charge on any atom is 0.0314 e. The van der Waals surface area contributed by atoms with Crippen LogP contribution in [-0.2, 0) is 0 Å². The van der Waals surface area contributed by atoms with Gasteiger partial charge in [-0.3, -0.25) is 0 Å². The zero-order chi connectivity index (χ0) is 14.7. The van der Waals surface area contributed by atoms with Crippen LogP contribution in [0.2, 0.25) is 0 Å². The van der Waals surface area contributed by atoms with Crippen LogP contribution in [-0.4, -0.2) is 0 Å². The van der Waals surface area contributed by atoms with Crippen molar-refractivity contribution in [2.45, 2.75) is 16.7 Å². The number of aryl methyl sites for hydroxylation is 1. The quantitative estimate of drug-likeness (QED) is 0.654. The molecule has 0 saturated heterocycles. The molecule has 0 saturated carbocycles. The topological polar surface area (TPSA) is 26.0 Å². The predicted molar refractivity (Wildman–Crippen MR) is 91.6 cm³/mol. The number of nitrogens with two attached hydrogens (primary N) is 1. The molecule has 0 atom stereocenters. The van der Waals surface area contributed by atoms with E-state index >= 15 is 0 Å². The van der Waals surface area contributed by atoms with Gasteiger partial charge in [0.1, 0.15) is 0 Å². The fraction of sp³-hybridized carbons (Fsp3) is 0.0526. The summed E-state index contributed by atoms with van der Waals surface area (Å²) in [5, 5.41) is 0. The van der Waals surface area contributed by atoms with Gasteiger partial charge >= 0.3 is 0 Å². The molecule has 3 rings (SSSR count). The molecule has 2 N–H and O–H groups in total. The van der Waals surface area contributed by atoms with Crippen LogP contribution in [0.4, 0.5) is 5.69 Å². The molecule has 0 aliphatic carbocycles. The number of hydrogen-bond donors (Lipinski definition) is 1. The Morgan fingerprint density at radius 1 is 0.619 bits per heavy atom. The third kappa shape index (κ3) is 3.47. The lowest BCUT2D eigenvalue weighted by molar-refractivity contribution is 1.36. The van der Waals surface area contributed by atoms with E-state index in [2.05, 4.69) is 67.6 Å². The van der Waals surface area contributed by atoms with Gasteiger partial charge in [0.05, 0.1) is 0 Å². The molecule has 0 unspecified atom stereocenters. The van der Waals surface area contributed by atoms with E-state index in [1.807, 2.05) is 12.1 Å². The molecule has 1 nitrogen and oxygen atoms in total. The lowest BCUT2D eigenvalue weighted by Crippen LogP contribution is -1.84. The third-order valence-corrected chi connectivity index (χ3v) is 4.37. The molecule has 3 aromatic rings. The number of benzene rings is 3. The maximum absolute atomic E-state index is 5.72. The van der Waals surface area contributed by atoms with Crippen LogP contribution in [0.5, 0.6) is 0 Å². The van der Waals surface area contributed by atoms with Crippen LogP contribution in [0.3, 0.4) is 0 Å². The van der Waals surface area contributed by atoms with E-state index in [0.29, 0.717) is 0 Å². The van der Waals surface area contributed by atoms with Crippen molar-refractivity contribution in [2.75, 3.05) is 5.73 Å². The highest BCUT2D eigenvalue weighted by molar-refractivity contribution is 7.99. The molecule has 2 heteroatoms. The molecule has 0 radical (unpaired) electrons. The molecule has 0 fully saturated rings. The summed E-state index contributed by atoms with van der Waals surface area (Å²) >= 11 is 1.78. The Kier molecular flexibility index (Phi) is 3.98. The molecule has 21 heavy (non-hydrogen) atoms. The Hall–Kier alpha value is -2.19. The average molecular weight is 291 g/mol. The summed E-state index contributed by atoms with van der Waals surface area (Å²) < 4.78 is 0. The van der Waals surface area contributed by atoms with Crippen LogP contribution in [0, 0.1) is 6.92 Å². The van der Waals surface area contributed by atoms with E-state index in [1.165, 1.54) is 26.5 Å². The molecule has 3 aromatic carbocycles. The van der Waals surface area contributed by atoms with Crippen molar-refractivity contribution in [3.05, 3.63) is 78.4 Å². The third-order valence-electron chi connectivity index (χ3n) is 3.36. The van der Waals surface area contributed by atoms with Gasteiger partial charge in [0.2, 0.25) is 0 Å². The SMILES string of the molecule is Cc1ccc(Sc2ccc(-c3ccc(N)cc3)cc2)cc1. The number of nitrogen functional groups attached to an aromatic ring is 1. The van der Waals surface area contributed by atoms with E-state index in [1.54, 1.807) is 11.8 Å². The summed E-state index contributed by atoms with van der Waals surface area (Å²) in [6, 6.07) is 25.2. The summed E-state index contributed by atoms with van der Waals surface area (Å²) in [7, 11) is 0. The van der Waals surface area contributed by atoms with Gasteiger partial charge < -0.3 is 5.73 Å². The van der Waals surface area contributed by atoms with E-state index in [-0.39, 0.29) is 0 Å². The Morgan fingerprint density at radius 2 is 1.05 bits per heavy atom. The zero-order valence-electron chi connectivity index (χ0n) is 11.9. The van der Waals surface area contributed by atoms with Gasteiger partial charge in [-0.2, -0.15) is 0 Å². The first-order valence-corrected chi connectivity index (χ1v) is 7.73. The molecule has 0 amide bonds. The van der Waals surface area contributed by atoms with Crippen LogP contribution >= 0.6 is 11.8 Å². The van der Waals surface area contributed by atoms with Crippen molar-refractivity contribution in [1.29, 1.82) is 0 Å². The number of anilines is 1. The minimum atomic E-state index is 0.797. The first kappa shape index (κ1) is 13.8. The molecule has 0 aromatic heterocycles. The zero-order valence-corrected chi connectivity index (χ0v) is 12.7. The Bertz CT molecular complexity index is 713. The largest absolute Gasteiger partial charge is 0.399 e. The maximum atomic E-state index is 5.72. The van der Waals surface area contributed by atoms with E-state index in [0.717, 1.165) is 5.69 Å². The summed E-state index contributed by atoms with van der Waals surface area (Å²) in [5.41, 5.74) is 10.2. The monoisotopic (exact) mass is 291 g/mol. The summed E-state index contributed by atoms with van der Waals surface area (Å²) in [6.45, 7) is 2.11. The predicted octanol–water partition coefficient (Wildman–Crippen LogP) is 5.40. The minimum absolute atomic E-state index is 0.797. The fourth-order valence-electron chi connectivity index (χ4n) is 2.13. The minimum Gasteiger partial charge on any atom is -0.399 e. The summed E-state index contributed by atoms with van der Waals surface area (Å²) in [5.74, 6) is 0. The highest BCUT2D eigenvalue weighted by Gasteiger charge is 2.00. The Labute approximate surface area is 129 Å². The Balaban J connectivity index is 1.77. The smallest absolute Gasteiger partial charge is 0.0314 e. The molecule has 0 bridgehead atoms. The van der Waals surface area contributed by atoms with E-state index < -0.39 is 0 Å². The lowest BCUT2D eigenvalue weighted by Gasteiger charge is -2.05. The highest BCUT2D eigenvalue weighted by Crippen LogP contribution is 2.30. The molecule has 0 aliphatic heterocycles. The second kappa shape index (κ2) is 6.06. The van der Waals surface area contributed by atoms with Crippen LogP contribution in [0.1, 0.15) is 5.56 Å². The van der Waals surface area contributed by atoms with E-state index in [4.69, 9.17) is 5.73 Å². The first-order valence-electron chi connectivity index (χ1n) is 6.91. The average Bonchev–Trinajstić information content (AvgIpc) is 2.51. The molecule has 0 heterocycles. The van der Waals surface area contributed by atoms with Crippen LogP contribution in [0.15, 0.2) is 82.6 Å². The highest BCUT2D eigenvalue weighted by atomic mass is 32.2.